The highest BCUT2D eigenvalue weighted by molar-refractivity contribution is 6.03. The highest BCUT2D eigenvalue weighted by Crippen LogP contribution is 2.44. The molecule has 92 valence electrons. The summed E-state index contributed by atoms with van der Waals surface area (Å²) in [5.41, 5.74) is 3.59. The van der Waals surface area contributed by atoms with E-state index in [9.17, 15) is 9.90 Å². The molecule has 0 aromatic heterocycles. The van der Waals surface area contributed by atoms with E-state index in [0.29, 0.717) is 0 Å². The number of Topliss-reactive ketones (excluding diaryl/α,β-unsaturated/α-hetero) is 1. The number of aliphatic hydroxyl groups is 1. The zero-order valence-corrected chi connectivity index (χ0v) is 10.8. The van der Waals surface area contributed by atoms with Gasteiger partial charge in [0, 0.05) is 5.56 Å². The molecule has 1 saturated carbocycles. The van der Waals surface area contributed by atoms with Gasteiger partial charge >= 0.3 is 0 Å². The monoisotopic (exact) mass is 232 g/mol. The van der Waals surface area contributed by atoms with Crippen molar-refractivity contribution in [1.29, 1.82) is 0 Å². The minimum absolute atomic E-state index is 0.0153. The van der Waals surface area contributed by atoms with E-state index < -0.39 is 5.41 Å². The van der Waals surface area contributed by atoms with Crippen LogP contribution in [0.25, 0.3) is 0 Å². The van der Waals surface area contributed by atoms with E-state index in [1.165, 1.54) is 5.56 Å². The van der Waals surface area contributed by atoms with Crippen LogP contribution in [0.1, 0.15) is 46.3 Å². The van der Waals surface area contributed by atoms with E-state index in [1.54, 1.807) is 0 Å². The summed E-state index contributed by atoms with van der Waals surface area (Å²) in [6.45, 7) is 5.99. The molecule has 0 spiro atoms. The molecule has 0 saturated heterocycles. The standard InChI is InChI=1S/C15H20O2/c1-10-7-11(2)13(12(3)8-10)14(17)15(9-16)5-4-6-15/h7-8,16H,4-6,9H2,1-3H3. The summed E-state index contributed by atoms with van der Waals surface area (Å²) in [5.74, 6) is 0.140. The lowest BCUT2D eigenvalue weighted by Crippen LogP contribution is -2.42. The molecule has 0 radical (unpaired) electrons. The smallest absolute Gasteiger partial charge is 0.171 e. The first-order valence-corrected chi connectivity index (χ1v) is 6.24. The van der Waals surface area contributed by atoms with E-state index in [1.807, 2.05) is 32.9 Å². The number of carbonyl (C=O) groups excluding carboxylic acids is 1. The molecule has 2 rings (SSSR count). The van der Waals surface area contributed by atoms with Gasteiger partial charge in [0.15, 0.2) is 5.78 Å². The molecule has 0 atom stereocenters. The number of ketones is 1. The van der Waals surface area contributed by atoms with Crippen LogP contribution in [-0.4, -0.2) is 17.5 Å². The molecule has 17 heavy (non-hydrogen) atoms. The van der Waals surface area contributed by atoms with Gasteiger partial charge in [-0.15, -0.1) is 0 Å². The third-order valence-electron chi connectivity index (χ3n) is 4.00. The average molecular weight is 232 g/mol. The van der Waals surface area contributed by atoms with Gasteiger partial charge in [-0.1, -0.05) is 24.1 Å². The average Bonchev–Trinajstić information content (AvgIpc) is 2.14. The third-order valence-corrected chi connectivity index (χ3v) is 4.00. The van der Waals surface area contributed by atoms with Crippen LogP contribution in [0, 0.1) is 26.2 Å². The topological polar surface area (TPSA) is 37.3 Å². The lowest BCUT2D eigenvalue weighted by atomic mass is 9.64. The van der Waals surface area contributed by atoms with E-state index in [-0.39, 0.29) is 12.4 Å². The second-order valence-electron chi connectivity index (χ2n) is 5.39. The first kappa shape index (κ1) is 12.3. The van der Waals surface area contributed by atoms with Crippen LogP contribution in [0.5, 0.6) is 0 Å². The van der Waals surface area contributed by atoms with Crippen LogP contribution >= 0.6 is 0 Å². The molecule has 1 aliphatic carbocycles. The van der Waals surface area contributed by atoms with Crippen LogP contribution in [0.2, 0.25) is 0 Å². The van der Waals surface area contributed by atoms with Gasteiger partial charge in [0.25, 0.3) is 0 Å². The second-order valence-corrected chi connectivity index (χ2v) is 5.39. The number of benzene rings is 1. The van der Waals surface area contributed by atoms with Crippen molar-refractivity contribution in [3.05, 3.63) is 34.4 Å². The number of hydrogen-bond donors (Lipinski definition) is 1. The third kappa shape index (κ3) is 1.91. The lowest BCUT2D eigenvalue weighted by Gasteiger charge is -2.39. The van der Waals surface area contributed by atoms with Crippen molar-refractivity contribution >= 4 is 5.78 Å². The fraction of sp³-hybridized carbons (Fsp3) is 0.533. The van der Waals surface area contributed by atoms with Crippen molar-refractivity contribution in [2.75, 3.05) is 6.61 Å². The van der Waals surface area contributed by atoms with Crippen molar-refractivity contribution in [2.24, 2.45) is 5.41 Å². The molecule has 1 N–H and O–H groups in total. The summed E-state index contributed by atoms with van der Waals surface area (Å²) in [6.07, 6.45) is 2.71. The zero-order valence-electron chi connectivity index (χ0n) is 10.8. The molecule has 1 aliphatic rings. The molecule has 0 heterocycles. The normalized spacial score (nSPS) is 17.6. The summed E-state index contributed by atoms with van der Waals surface area (Å²) >= 11 is 0. The van der Waals surface area contributed by atoms with E-state index in [2.05, 4.69) is 0 Å². The number of aryl methyl sites for hydroxylation is 3. The number of carbonyl (C=O) groups is 1. The van der Waals surface area contributed by atoms with Crippen molar-refractivity contribution in [1.82, 2.24) is 0 Å². The first-order valence-electron chi connectivity index (χ1n) is 6.24. The summed E-state index contributed by atoms with van der Waals surface area (Å²) < 4.78 is 0. The Morgan fingerprint density at radius 3 is 2.12 bits per heavy atom. The van der Waals surface area contributed by atoms with Gasteiger partial charge in [0.1, 0.15) is 0 Å². The van der Waals surface area contributed by atoms with E-state index in [4.69, 9.17) is 0 Å². The largest absolute Gasteiger partial charge is 0.395 e. The molecule has 1 aromatic rings. The maximum atomic E-state index is 12.6. The van der Waals surface area contributed by atoms with Gasteiger partial charge in [-0.3, -0.25) is 4.79 Å². The summed E-state index contributed by atoms with van der Waals surface area (Å²) in [4.78, 5) is 12.6. The number of hydrogen-bond acceptors (Lipinski definition) is 2. The van der Waals surface area contributed by atoms with Crippen molar-refractivity contribution in [3.8, 4) is 0 Å². The maximum Gasteiger partial charge on any atom is 0.171 e. The van der Waals surface area contributed by atoms with Crippen molar-refractivity contribution in [2.45, 2.75) is 40.0 Å². The Morgan fingerprint density at radius 2 is 1.76 bits per heavy atom. The van der Waals surface area contributed by atoms with Gasteiger partial charge in [0.2, 0.25) is 0 Å². The first-order chi connectivity index (χ1) is 8.00. The van der Waals surface area contributed by atoms with E-state index in [0.717, 1.165) is 36.0 Å². The van der Waals surface area contributed by atoms with Crippen LogP contribution < -0.4 is 0 Å². The Hall–Kier alpha value is -1.15. The molecular weight excluding hydrogens is 212 g/mol. The molecule has 1 aromatic carbocycles. The maximum absolute atomic E-state index is 12.6. The SMILES string of the molecule is Cc1cc(C)c(C(=O)C2(CO)CCC2)c(C)c1. The van der Waals surface area contributed by atoms with Gasteiger partial charge in [-0.2, -0.15) is 0 Å². The van der Waals surface area contributed by atoms with Crippen molar-refractivity contribution in [3.63, 3.8) is 0 Å². The van der Waals surface area contributed by atoms with E-state index >= 15 is 0 Å². The molecule has 0 unspecified atom stereocenters. The van der Waals surface area contributed by atoms with Gasteiger partial charge in [-0.25, -0.2) is 0 Å². The summed E-state index contributed by atoms with van der Waals surface area (Å²) in [6, 6.07) is 4.09. The fourth-order valence-electron chi connectivity index (χ4n) is 2.86. The highest BCUT2D eigenvalue weighted by Gasteiger charge is 2.44. The predicted octanol–water partition coefficient (Wildman–Crippen LogP) is 2.96. The van der Waals surface area contributed by atoms with Crippen LogP contribution in [0.4, 0.5) is 0 Å². The number of aliphatic hydroxyl groups excluding tert-OH is 1. The molecule has 2 heteroatoms. The van der Waals surface area contributed by atoms with Crippen molar-refractivity contribution < 1.29 is 9.90 Å². The van der Waals surface area contributed by atoms with Gasteiger partial charge in [0.05, 0.1) is 12.0 Å². The van der Waals surface area contributed by atoms with Crippen LogP contribution in [-0.2, 0) is 0 Å². The van der Waals surface area contributed by atoms with Gasteiger partial charge < -0.3 is 5.11 Å². The minimum atomic E-state index is -0.481. The Morgan fingerprint density at radius 1 is 1.24 bits per heavy atom. The van der Waals surface area contributed by atoms with Crippen LogP contribution in [0.15, 0.2) is 12.1 Å². The molecule has 0 bridgehead atoms. The molecular formula is C15H20O2. The zero-order chi connectivity index (χ0) is 12.6. The minimum Gasteiger partial charge on any atom is -0.395 e. The molecule has 0 amide bonds. The lowest BCUT2D eigenvalue weighted by molar-refractivity contribution is 0.0346. The number of rotatable bonds is 3. The Labute approximate surface area is 103 Å². The molecule has 0 aliphatic heterocycles. The molecule has 1 fully saturated rings. The predicted molar refractivity (Wildman–Crippen MR) is 68.4 cm³/mol. The fourth-order valence-corrected chi connectivity index (χ4v) is 2.86. The Kier molecular flexibility index (Phi) is 3.09. The quantitative estimate of drug-likeness (QED) is 0.813. The Balaban J connectivity index is 2.44. The summed E-state index contributed by atoms with van der Waals surface area (Å²) in [5, 5.41) is 9.48. The van der Waals surface area contributed by atoms with Gasteiger partial charge in [-0.05, 0) is 44.7 Å². The van der Waals surface area contributed by atoms with Crippen LogP contribution in [0.3, 0.4) is 0 Å². The Bertz CT molecular complexity index is 427. The highest BCUT2D eigenvalue weighted by atomic mass is 16.3. The second kappa shape index (κ2) is 4.26. The summed E-state index contributed by atoms with van der Waals surface area (Å²) in [7, 11) is 0. The molecule has 2 nitrogen and oxygen atoms in total.